The van der Waals surface area contributed by atoms with E-state index >= 15 is 0 Å². The molecule has 1 aliphatic carbocycles. The number of rotatable bonds is 8. The fourth-order valence-electron chi connectivity index (χ4n) is 2.47. The summed E-state index contributed by atoms with van der Waals surface area (Å²) < 4.78 is 6.05. The third-order valence-electron chi connectivity index (χ3n) is 4.95. The molecule has 1 atom stereocenters. The minimum absolute atomic E-state index is 0.115. The minimum Gasteiger partial charge on any atom is -0.491 e. The van der Waals surface area contributed by atoms with Gasteiger partial charge in [-0.15, -0.1) is 0 Å². The lowest BCUT2D eigenvalue weighted by Gasteiger charge is -2.26. The molecule has 0 heterocycles. The van der Waals surface area contributed by atoms with Crippen molar-refractivity contribution in [3.05, 3.63) is 28.3 Å². The number of hydrogen-bond donors (Lipinski definition) is 1. The van der Waals surface area contributed by atoms with Crippen LogP contribution in [0.25, 0.3) is 0 Å². The zero-order valence-corrected chi connectivity index (χ0v) is 15.2. The van der Waals surface area contributed by atoms with Gasteiger partial charge >= 0.3 is 0 Å². The smallest absolute Gasteiger partial charge is 0.141 e. The molecule has 1 aromatic rings. The summed E-state index contributed by atoms with van der Waals surface area (Å²) in [6.07, 6.45) is 5.42. The highest BCUT2D eigenvalue weighted by Gasteiger charge is 2.25. The molecule has 0 radical (unpaired) electrons. The fraction of sp³-hybridized carbons (Fsp3) is 0.684. The van der Waals surface area contributed by atoms with Crippen LogP contribution in [0.4, 0.5) is 0 Å². The van der Waals surface area contributed by atoms with Gasteiger partial charge in [0.05, 0.1) is 11.6 Å². The molecule has 0 saturated heterocycles. The van der Waals surface area contributed by atoms with Crippen molar-refractivity contribution in [2.75, 3.05) is 6.61 Å². The first-order valence-electron chi connectivity index (χ1n) is 8.58. The summed E-state index contributed by atoms with van der Waals surface area (Å²) >= 11 is 6.56. The highest BCUT2D eigenvalue weighted by molar-refractivity contribution is 6.32. The lowest BCUT2D eigenvalue weighted by Crippen LogP contribution is -2.23. The van der Waals surface area contributed by atoms with Gasteiger partial charge in [0, 0.05) is 6.04 Å². The molecule has 2 rings (SSSR count). The zero-order valence-electron chi connectivity index (χ0n) is 14.4. The van der Waals surface area contributed by atoms with Gasteiger partial charge < -0.3 is 10.5 Å². The van der Waals surface area contributed by atoms with Gasteiger partial charge in [-0.1, -0.05) is 45.4 Å². The fourth-order valence-corrected chi connectivity index (χ4v) is 2.76. The van der Waals surface area contributed by atoms with E-state index < -0.39 is 0 Å². The van der Waals surface area contributed by atoms with Gasteiger partial charge in [-0.2, -0.15) is 0 Å². The summed E-state index contributed by atoms with van der Waals surface area (Å²) in [4.78, 5) is 0. The van der Waals surface area contributed by atoms with Crippen molar-refractivity contribution in [2.45, 2.75) is 71.3 Å². The minimum atomic E-state index is 0.115. The predicted molar refractivity (Wildman–Crippen MR) is 95.0 cm³/mol. The SMILES string of the molecule is CCC(N)Cc1cc(C(C)(C)CC)cc(Cl)c1OCC1CC1. The number of ether oxygens (including phenoxy) is 1. The van der Waals surface area contributed by atoms with Crippen LogP contribution >= 0.6 is 11.6 Å². The van der Waals surface area contributed by atoms with E-state index in [1.807, 2.05) is 0 Å². The maximum absolute atomic E-state index is 6.56. The van der Waals surface area contributed by atoms with Crippen molar-refractivity contribution in [1.82, 2.24) is 0 Å². The second-order valence-corrected chi connectivity index (χ2v) is 7.72. The first kappa shape index (κ1) is 17.6. The molecule has 1 unspecified atom stereocenters. The van der Waals surface area contributed by atoms with Crippen molar-refractivity contribution in [3.8, 4) is 5.75 Å². The summed E-state index contributed by atoms with van der Waals surface area (Å²) in [6, 6.07) is 4.49. The van der Waals surface area contributed by atoms with E-state index in [1.165, 1.54) is 24.0 Å². The van der Waals surface area contributed by atoms with E-state index in [9.17, 15) is 0 Å². The summed E-state index contributed by atoms with van der Waals surface area (Å²) in [5.74, 6) is 1.57. The van der Waals surface area contributed by atoms with E-state index in [-0.39, 0.29) is 11.5 Å². The Morgan fingerprint density at radius 3 is 2.55 bits per heavy atom. The van der Waals surface area contributed by atoms with E-state index in [1.54, 1.807) is 0 Å². The predicted octanol–water partition coefficient (Wildman–Crippen LogP) is 5.10. The van der Waals surface area contributed by atoms with Crippen molar-refractivity contribution >= 4 is 11.6 Å². The lowest BCUT2D eigenvalue weighted by atomic mass is 9.81. The van der Waals surface area contributed by atoms with E-state index in [0.29, 0.717) is 0 Å². The Hall–Kier alpha value is -0.730. The third-order valence-corrected chi connectivity index (χ3v) is 5.23. The maximum Gasteiger partial charge on any atom is 0.141 e. The Balaban J connectivity index is 2.32. The van der Waals surface area contributed by atoms with Gasteiger partial charge in [0.25, 0.3) is 0 Å². The van der Waals surface area contributed by atoms with Crippen LogP contribution in [0.5, 0.6) is 5.75 Å². The van der Waals surface area contributed by atoms with E-state index in [0.717, 1.165) is 42.6 Å². The quantitative estimate of drug-likeness (QED) is 0.722. The molecule has 0 aromatic heterocycles. The molecule has 2 nitrogen and oxygen atoms in total. The number of nitrogens with two attached hydrogens (primary N) is 1. The molecule has 1 aromatic carbocycles. The highest BCUT2D eigenvalue weighted by atomic mass is 35.5. The van der Waals surface area contributed by atoms with Crippen molar-refractivity contribution in [2.24, 2.45) is 11.7 Å². The van der Waals surface area contributed by atoms with Gasteiger partial charge in [-0.3, -0.25) is 0 Å². The van der Waals surface area contributed by atoms with Crippen LogP contribution in [0.1, 0.15) is 64.5 Å². The molecule has 0 aliphatic heterocycles. The molecule has 2 N–H and O–H groups in total. The van der Waals surface area contributed by atoms with Crippen LogP contribution in [-0.2, 0) is 11.8 Å². The molecule has 3 heteroatoms. The first-order valence-corrected chi connectivity index (χ1v) is 8.96. The topological polar surface area (TPSA) is 35.2 Å². The number of benzene rings is 1. The van der Waals surface area contributed by atoms with Crippen molar-refractivity contribution in [3.63, 3.8) is 0 Å². The average molecular weight is 324 g/mol. The van der Waals surface area contributed by atoms with Crippen molar-refractivity contribution < 1.29 is 4.74 Å². The molecule has 0 bridgehead atoms. The van der Waals surface area contributed by atoms with Crippen LogP contribution in [-0.4, -0.2) is 12.6 Å². The summed E-state index contributed by atoms with van der Waals surface area (Å²) in [6.45, 7) is 9.63. The maximum atomic E-state index is 6.56. The molecular weight excluding hydrogens is 294 g/mol. The molecule has 0 spiro atoms. The molecule has 0 amide bonds. The number of halogens is 1. The second-order valence-electron chi connectivity index (χ2n) is 7.31. The Morgan fingerprint density at radius 2 is 2.00 bits per heavy atom. The molecule has 22 heavy (non-hydrogen) atoms. The Bertz CT molecular complexity index is 508. The van der Waals surface area contributed by atoms with Crippen LogP contribution < -0.4 is 10.5 Å². The second kappa shape index (κ2) is 7.23. The van der Waals surface area contributed by atoms with Gasteiger partial charge in [0.2, 0.25) is 0 Å². The van der Waals surface area contributed by atoms with Gasteiger partial charge in [-0.05, 0) is 60.6 Å². The first-order chi connectivity index (χ1) is 10.4. The third kappa shape index (κ3) is 4.39. The monoisotopic (exact) mass is 323 g/mol. The van der Waals surface area contributed by atoms with E-state index in [2.05, 4.69) is 39.8 Å². The Labute approximate surface area is 140 Å². The zero-order chi connectivity index (χ0) is 16.3. The molecule has 1 aliphatic rings. The average Bonchev–Trinajstić information content (AvgIpc) is 3.30. The number of hydrogen-bond acceptors (Lipinski definition) is 2. The summed E-state index contributed by atoms with van der Waals surface area (Å²) in [5.41, 5.74) is 8.74. The van der Waals surface area contributed by atoms with E-state index in [4.69, 9.17) is 22.1 Å². The highest BCUT2D eigenvalue weighted by Crippen LogP contribution is 2.38. The lowest BCUT2D eigenvalue weighted by molar-refractivity contribution is 0.296. The van der Waals surface area contributed by atoms with Crippen molar-refractivity contribution in [1.29, 1.82) is 0 Å². The molecule has 1 fully saturated rings. The summed E-state index contributed by atoms with van der Waals surface area (Å²) in [5, 5.41) is 0.734. The van der Waals surface area contributed by atoms with Crippen LogP contribution in [0.2, 0.25) is 5.02 Å². The molecule has 124 valence electrons. The van der Waals surface area contributed by atoms with Crippen LogP contribution in [0.3, 0.4) is 0 Å². The van der Waals surface area contributed by atoms with Gasteiger partial charge in [-0.25, -0.2) is 0 Å². The van der Waals surface area contributed by atoms with Crippen LogP contribution in [0, 0.1) is 5.92 Å². The Kier molecular flexibility index (Phi) is 5.79. The standard InChI is InChI=1S/C19H30ClNO/c1-5-16(21)10-14-9-15(19(3,4)6-2)11-17(20)18(14)22-12-13-7-8-13/h9,11,13,16H,5-8,10,12,21H2,1-4H3. The van der Waals surface area contributed by atoms with Gasteiger partial charge in [0.1, 0.15) is 5.75 Å². The summed E-state index contributed by atoms with van der Waals surface area (Å²) in [7, 11) is 0. The van der Waals surface area contributed by atoms with Gasteiger partial charge in [0.15, 0.2) is 0 Å². The van der Waals surface area contributed by atoms with Crippen LogP contribution in [0.15, 0.2) is 12.1 Å². The molecular formula is C19H30ClNO. The molecule has 1 saturated carbocycles. The Morgan fingerprint density at radius 1 is 1.32 bits per heavy atom. The largest absolute Gasteiger partial charge is 0.491 e. The normalized spacial score (nSPS) is 16.6.